The lowest BCUT2D eigenvalue weighted by Crippen LogP contribution is -2.37. The summed E-state index contributed by atoms with van der Waals surface area (Å²) < 4.78 is 4.60. The molecule has 1 amide bonds. The van der Waals surface area contributed by atoms with Gasteiger partial charge in [0.25, 0.3) is 0 Å². The Bertz CT molecular complexity index is 260. The van der Waals surface area contributed by atoms with Crippen molar-refractivity contribution in [2.45, 2.75) is 25.3 Å². The lowest BCUT2D eigenvalue weighted by Gasteiger charge is -2.24. The highest BCUT2D eigenvalue weighted by Crippen LogP contribution is 2.15. The molecular weight excluding hydrogens is 182 g/mol. The van der Waals surface area contributed by atoms with E-state index >= 15 is 0 Å². The van der Waals surface area contributed by atoms with Crippen LogP contribution < -0.4 is 0 Å². The second-order valence-corrected chi connectivity index (χ2v) is 3.38. The number of rotatable bonds is 1. The first-order valence-electron chi connectivity index (χ1n) is 4.65. The van der Waals surface area contributed by atoms with Gasteiger partial charge in [0.15, 0.2) is 5.78 Å². The highest BCUT2D eigenvalue weighted by molar-refractivity contribution is 5.90. The SMILES string of the molecule is COC(=O)N(C)[C@H]1CCC=CC(=O)C1. The number of carbonyl (C=O) groups excluding carboxylic acids is 2. The van der Waals surface area contributed by atoms with Gasteiger partial charge in [-0.1, -0.05) is 6.08 Å². The zero-order valence-corrected chi connectivity index (χ0v) is 8.53. The molecule has 1 aliphatic rings. The lowest BCUT2D eigenvalue weighted by atomic mass is 10.1. The van der Waals surface area contributed by atoms with Gasteiger partial charge in [0, 0.05) is 19.5 Å². The van der Waals surface area contributed by atoms with Crippen LogP contribution in [-0.4, -0.2) is 37.0 Å². The average Bonchev–Trinajstić information content (AvgIpc) is 2.40. The number of allylic oxidation sites excluding steroid dienone is 2. The predicted molar refractivity (Wildman–Crippen MR) is 52.0 cm³/mol. The summed E-state index contributed by atoms with van der Waals surface area (Å²) in [6, 6.07) is -0.0371. The first-order valence-corrected chi connectivity index (χ1v) is 4.65. The van der Waals surface area contributed by atoms with Crippen LogP contribution in [0, 0.1) is 0 Å². The van der Waals surface area contributed by atoms with E-state index in [2.05, 4.69) is 4.74 Å². The molecule has 4 nitrogen and oxygen atoms in total. The van der Waals surface area contributed by atoms with Crippen molar-refractivity contribution in [2.24, 2.45) is 0 Å². The van der Waals surface area contributed by atoms with E-state index in [1.807, 2.05) is 6.08 Å². The number of hydrogen-bond acceptors (Lipinski definition) is 3. The van der Waals surface area contributed by atoms with Crippen LogP contribution in [-0.2, 0) is 9.53 Å². The standard InChI is InChI=1S/C10H15NO3/c1-11(10(13)14-2)8-5-3-4-6-9(12)7-8/h4,6,8H,3,5,7H2,1-2H3/t8-/m0/s1. The fraction of sp³-hybridized carbons (Fsp3) is 0.600. The maximum absolute atomic E-state index is 11.2. The number of carbonyl (C=O) groups is 2. The Hall–Kier alpha value is -1.32. The van der Waals surface area contributed by atoms with Crippen LogP contribution in [0.25, 0.3) is 0 Å². The smallest absolute Gasteiger partial charge is 0.409 e. The molecule has 0 bridgehead atoms. The van der Waals surface area contributed by atoms with Gasteiger partial charge in [0.1, 0.15) is 0 Å². The van der Waals surface area contributed by atoms with E-state index in [-0.39, 0.29) is 17.9 Å². The van der Waals surface area contributed by atoms with Crippen LogP contribution in [0.5, 0.6) is 0 Å². The molecule has 0 fully saturated rings. The van der Waals surface area contributed by atoms with E-state index in [0.717, 1.165) is 12.8 Å². The second-order valence-electron chi connectivity index (χ2n) is 3.38. The Morgan fingerprint density at radius 1 is 1.64 bits per heavy atom. The van der Waals surface area contributed by atoms with Crippen LogP contribution in [0.2, 0.25) is 0 Å². The third kappa shape index (κ3) is 2.58. The van der Waals surface area contributed by atoms with Crippen molar-refractivity contribution in [1.29, 1.82) is 0 Å². The molecular formula is C10H15NO3. The van der Waals surface area contributed by atoms with Gasteiger partial charge < -0.3 is 9.64 Å². The minimum atomic E-state index is -0.385. The Morgan fingerprint density at radius 2 is 2.36 bits per heavy atom. The molecule has 0 aromatic heterocycles. The van der Waals surface area contributed by atoms with Crippen LogP contribution in [0.4, 0.5) is 4.79 Å². The molecule has 4 heteroatoms. The number of methoxy groups -OCH3 is 1. The van der Waals surface area contributed by atoms with E-state index < -0.39 is 0 Å². The summed E-state index contributed by atoms with van der Waals surface area (Å²) in [5.41, 5.74) is 0. The minimum Gasteiger partial charge on any atom is -0.453 e. The van der Waals surface area contributed by atoms with Gasteiger partial charge in [0.05, 0.1) is 7.11 Å². The molecule has 0 aliphatic heterocycles. The molecule has 0 N–H and O–H groups in total. The van der Waals surface area contributed by atoms with Gasteiger partial charge in [-0.05, 0) is 18.9 Å². The van der Waals surface area contributed by atoms with Crippen molar-refractivity contribution in [2.75, 3.05) is 14.2 Å². The molecule has 0 aromatic carbocycles. The monoisotopic (exact) mass is 197 g/mol. The zero-order chi connectivity index (χ0) is 10.6. The molecule has 1 rings (SSSR count). The zero-order valence-electron chi connectivity index (χ0n) is 8.53. The number of nitrogens with zero attached hydrogens (tertiary/aromatic N) is 1. The molecule has 14 heavy (non-hydrogen) atoms. The van der Waals surface area contributed by atoms with E-state index in [1.54, 1.807) is 13.1 Å². The molecule has 0 saturated heterocycles. The van der Waals surface area contributed by atoms with Gasteiger partial charge in [-0.15, -0.1) is 0 Å². The first-order chi connectivity index (χ1) is 6.65. The van der Waals surface area contributed by atoms with Crippen molar-refractivity contribution in [3.8, 4) is 0 Å². The Labute approximate surface area is 83.5 Å². The average molecular weight is 197 g/mol. The van der Waals surface area contributed by atoms with E-state index in [1.165, 1.54) is 12.0 Å². The summed E-state index contributed by atoms with van der Waals surface area (Å²) in [4.78, 5) is 23.9. The van der Waals surface area contributed by atoms with E-state index in [4.69, 9.17) is 0 Å². The lowest BCUT2D eigenvalue weighted by molar-refractivity contribution is -0.115. The van der Waals surface area contributed by atoms with Crippen LogP contribution in [0.3, 0.4) is 0 Å². The molecule has 0 radical (unpaired) electrons. The third-order valence-electron chi connectivity index (χ3n) is 2.42. The van der Waals surface area contributed by atoms with Crippen molar-refractivity contribution in [3.05, 3.63) is 12.2 Å². The summed E-state index contributed by atoms with van der Waals surface area (Å²) in [6.07, 6.45) is 5.09. The highest BCUT2D eigenvalue weighted by Gasteiger charge is 2.22. The van der Waals surface area contributed by atoms with Gasteiger partial charge in [0.2, 0.25) is 0 Å². The maximum atomic E-state index is 11.2. The molecule has 1 atom stereocenters. The fourth-order valence-corrected chi connectivity index (χ4v) is 1.53. The second kappa shape index (κ2) is 4.79. The quantitative estimate of drug-likeness (QED) is 0.637. The Kier molecular flexibility index (Phi) is 3.68. The first kappa shape index (κ1) is 10.8. The Morgan fingerprint density at radius 3 is 3.00 bits per heavy atom. The predicted octanol–water partition coefficient (Wildman–Crippen LogP) is 1.36. The molecule has 0 saturated carbocycles. The van der Waals surface area contributed by atoms with Crippen molar-refractivity contribution < 1.29 is 14.3 Å². The third-order valence-corrected chi connectivity index (χ3v) is 2.42. The Balaban J connectivity index is 2.59. The van der Waals surface area contributed by atoms with E-state index in [0.29, 0.717) is 6.42 Å². The van der Waals surface area contributed by atoms with Crippen molar-refractivity contribution in [1.82, 2.24) is 4.90 Å². The van der Waals surface area contributed by atoms with Crippen LogP contribution in [0.15, 0.2) is 12.2 Å². The van der Waals surface area contributed by atoms with Gasteiger partial charge in [-0.2, -0.15) is 0 Å². The summed E-state index contributed by atoms with van der Waals surface area (Å²) >= 11 is 0. The molecule has 1 aliphatic carbocycles. The molecule has 0 aromatic rings. The van der Waals surface area contributed by atoms with Gasteiger partial charge in [-0.3, -0.25) is 4.79 Å². The van der Waals surface area contributed by atoms with Gasteiger partial charge in [-0.25, -0.2) is 4.79 Å². The number of hydrogen-bond donors (Lipinski definition) is 0. The summed E-state index contributed by atoms with van der Waals surface area (Å²) in [6.45, 7) is 0. The minimum absolute atomic E-state index is 0.0371. The van der Waals surface area contributed by atoms with Gasteiger partial charge >= 0.3 is 6.09 Å². The van der Waals surface area contributed by atoms with Crippen LogP contribution >= 0.6 is 0 Å². The topological polar surface area (TPSA) is 46.6 Å². The van der Waals surface area contributed by atoms with Crippen LogP contribution in [0.1, 0.15) is 19.3 Å². The highest BCUT2D eigenvalue weighted by atomic mass is 16.5. The molecule has 0 spiro atoms. The largest absolute Gasteiger partial charge is 0.453 e. The number of ether oxygens (including phenoxy) is 1. The fourth-order valence-electron chi connectivity index (χ4n) is 1.53. The van der Waals surface area contributed by atoms with Crippen molar-refractivity contribution >= 4 is 11.9 Å². The molecule has 0 heterocycles. The molecule has 0 unspecified atom stereocenters. The molecule has 78 valence electrons. The summed E-state index contributed by atoms with van der Waals surface area (Å²) in [7, 11) is 3.00. The van der Waals surface area contributed by atoms with E-state index in [9.17, 15) is 9.59 Å². The maximum Gasteiger partial charge on any atom is 0.409 e. The normalized spacial score (nSPS) is 21.6. The summed E-state index contributed by atoms with van der Waals surface area (Å²) in [5, 5.41) is 0. The summed E-state index contributed by atoms with van der Waals surface area (Å²) in [5.74, 6) is 0.0725. The van der Waals surface area contributed by atoms with Crippen molar-refractivity contribution in [3.63, 3.8) is 0 Å². The number of amides is 1. The number of ketones is 1.